The molecule has 2 aliphatic carbocycles. The Bertz CT molecular complexity index is 2880. The van der Waals surface area contributed by atoms with E-state index in [1.807, 2.05) is 6.07 Å². The highest BCUT2D eigenvalue weighted by Gasteiger charge is 2.49. The summed E-state index contributed by atoms with van der Waals surface area (Å²) in [5.74, 6) is 0.429. The van der Waals surface area contributed by atoms with Crippen LogP contribution in [-0.4, -0.2) is 121 Å². The van der Waals surface area contributed by atoms with Gasteiger partial charge in [0.05, 0.1) is 42.1 Å². The van der Waals surface area contributed by atoms with Crippen LogP contribution in [0.1, 0.15) is 112 Å². The second-order valence-corrected chi connectivity index (χ2v) is 22.9. The van der Waals surface area contributed by atoms with Gasteiger partial charge in [0, 0.05) is 68.2 Å². The normalized spacial score (nSPS) is 24.5. The van der Waals surface area contributed by atoms with Crippen molar-refractivity contribution in [3.63, 3.8) is 0 Å². The number of aliphatic hydroxyl groups is 1. The number of aromatic amines is 1. The molecule has 6 heterocycles. The summed E-state index contributed by atoms with van der Waals surface area (Å²) in [6, 6.07) is 19.1. The highest BCUT2D eigenvalue weighted by Crippen LogP contribution is 2.49. The summed E-state index contributed by atoms with van der Waals surface area (Å²) in [5.41, 5.74) is 3.14. The highest BCUT2D eigenvalue weighted by molar-refractivity contribution is 7.90. The van der Waals surface area contributed by atoms with Gasteiger partial charge in [0.25, 0.3) is 21.8 Å². The fraction of sp³-hybridized carbons (Fsp3) is 0.528. The van der Waals surface area contributed by atoms with Crippen LogP contribution in [-0.2, 0) is 19.5 Å². The summed E-state index contributed by atoms with van der Waals surface area (Å²) in [4.78, 5) is 42.2. The van der Waals surface area contributed by atoms with Crippen molar-refractivity contribution in [1.29, 1.82) is 0 Å². The first-order valence-electron chi connectivity index (χ1n) is 25.5. The number of hydrogen-bond acceptors (Lipinski definition) is 15. The van der Waals surface area contributed by atoms with Gasteiger partial charge in [-0.05, 0) is 117 Å². The number of sulfonamides is 1. The molecule has 3 atom stereocenters. The Hall–Kier alpha value is -5.86. The van der Waals surface area contributed by atoms with Crippen molar-refractivity contribution in [2.24, 2.45) is 11.3 Å². The molecule has 3 saturated heterocycles. The van der Waals surface area contributed by atoms with Crippen LogP contribution in [0, 0.1) is 21.4 Å². The third-order valence-electron chi connectivity index (χ3n) is 15.7. The first kappa shape index (κ1) is 49.7. The lowest BCUT2D eigenvalue weighted by molar-refractivity contribution is -0.384. The van der Waals surface area contributed by atoms with Crippen LogP contribution in [0.5, 0.6) is 17.4 Å². The van der Waals surface area contributed by atoms with Crippen molar-refractivity contribution in [2.75, 3.05) is 69.4 Å². The molecule has 0 radical (unpaired) electrons. The minimum absolute atomic E-state index is 0.0518. The average molecular weight is 1010 g/mol. The lowest BCUT2D eigenvalue weighted by Crippen LogP contribution is -2.63. The number of H-pyrrole nitrogens is 1. The fourth-order valence-corrected chi connectivity index (χ4v) is 12.5. The molecule has 1 spiro atoms. The van der Waals surface area contributed by atoms with Crippen molar-refractivity contribution >= 4 is 44.2 Å². The van der Waals surface area contributed by atoms with E-state index in [0.29, 0.717) is 68.1 Å². The number of pyridine rings is 2. The topological polar surface area (TPSA) is 224 Å². The van der Waals surface area contributed by atoms with Gasteiger partial charge in [-0.15, -0.1) is 0 Å². The van der Waals surface area contributed by atoms with E-state index in [4.69, 9.17) is 18.9 Å². The smallest absolute Gasteiger partial charge is 0.312 e. The van der Waals surface area contributed by atoms with Crippen molar-refractivity contribution < 1.29 is 42.2 Å². The number of anilines is 2. The molecular weight excluding hydrogens is 941 g/mol. The van der Waals surface area contributed by atoms with Gasteiger partial charge in [-0.2, -0.15) is 4.98 Å². The van der Waals surface area contributed by atoms with E-state index in [9.17, 15) is 28.4 Å². The number of fused-ring (bicyclic) bond motifs is 1. The van der Waals surface area contributed by atoms with Gasteiger partial charge in [0.2, 0.25) is 5.82 Å². The Morgan fingerprint density at radius 2 is 1.81 bits per heavy atom. The molecule has 5 aliphatic rings. The zero-order chi connectivity index (χ0) is 50.2. The van der Waals surface area contributed by atoms with Crippen LogP contribution >= 0.6 is 0 Å². The number of carbonyl (C=O) groups excluding carboxylic acids is 1. The molecule has 4 N–H and O–H groups in total. The molecule has 3 aromatic heterocycles. The largest absolute Gasteiger partial charge is 0.472 e. The number of rotatable bonds is 16. The molecular formula is C53H66N8O10S. The van der Waals surface area contributed by atoms with Crippen LogP contribution in [0.3, 0.4) is 0 Å². The Balaban J connectivity index is 0.881. The van der Waals surface area contributed by atoms with Crippen molar-refractivity contribution in [3.05, 3.63) is 99.9 Å². The molecule has 18 nitrogen and oxygen atoms in total. The standard InChI is InChI=1S/C53H66N8O10S/c1-34(2)40-7-4-5-8-41(40)42-9-6-10-44(42)60-32-53(33-60)18-21-59(22-19-53)37-11-12-43(46(26-37)71-47-25-36-15-20-54-48(36)57-51(47)70-31-38-30-68-23-24-69-38)50(62)58-72(66,67)39-27-45(61(64)65)49(56-29-39)55-28-35-13-16-52(3,63)17-14-35/h4-5,7-8,11-12,15,20,25-27,29,34-35,38,42,44,63H,6,9-10,13-14,16-19,21-24,28,30-33H2,1-3H3,(H,54,57)(H,55,56)(H,58,62)/t35-,38-,42+,44+,52-/m0/s1. The lowest BCUT2D eigenvalue weighted by atomic mass is 9.70. The van der Waals surface area contributed by atoms with E-state index < -0.39 is 37.0 Å². The maximum atomic E-state index is 14.3. The van der Waals surface area contributed by atoms with E-state index in [1.165, 1.54) is 36.5 Å². The predicted molar refractivity (Wildman–Crippen MR) is 272 cm³/mol. The van der Waals surface area contributed by atoms with Gasteiger partial charge in [-0.25, -0.2) is 18.1 Å². The van der Waals surface area contributed by atoms with Gasteiger partial charge >= 0.3 is 5.69 Å². The summed E-state index contributed by atoms with van der Waals surface area (Å²) in [6.07, 6.45) is 10.7. The fourth-order valence-electron chi connectivity index (χ4n) is 11.6. The summed E-state index contributed by atoms with van der Waals surface area (Å²) in [7, 11) is -4.70. The second kappa shape index (κ2) is 20.6. The molecule has 5 fully saturated rings. The number of carbonyl (C=O) groups is 1. The van der Waals surface area contributed by atoms with E-state index >= 15 is 0 Å². The van der Waals surface area contributed by atoms with Gasteiger partial charge in [0.1, 0.15) is 29.0 Å². The zero-order valence-electron chi connectivity index (χ0n) is 41.3. The van der Waals surface area contributed by atoms with Crippen LogP contribution in [0.4, 0.5) is 17.2 Å². The minimum Gasteiger partial charge on any atom is -0.472 e. The highest BCUT2D eigenvalue weighted by atomic mass is 32.2. The van der Waals surface area contributed by atoms with E-state index in [-0.39, 0.29) is 52.8 Å². The maximum absolute atomic E-state index is 14.3. The predicted octanol–water partition coefficient (Wildman–Crippen LogP) is 8.29. The van der Waals surface area contributed by atoms with Crippen molar-refractivity contribution in [1.82, 2.24) is 24.6 Å². The first-order chi connectivity index (χ1) is 34.6. The van der Waals surface area contributed by atoms with Crippen LogP contribution < -0.4 is 24.4 Å². The summed E-state index contributed by atoms with van der Waals surface area (Å²) in [5, 5.41) is 26.3. The Morgan fingerprint density at radius 1 is 1.01 bits per heavy atom. The third kappa shape index (κ3) is 10.8. The molecule has 384 valence electrons. The van der Waals surface area contributed by atoms with Gasteiger partial charge in [-0.3, -0.25) is 19.8 Å². The van der Waals surface area contributed by atoms with Crippen molar-refractivity contribution in [3.8, 4) is 17.4 Å². The number of aromatic nitrogens is 3. The van der Waals surface area contributed by atoms with E-state index in [2.05, 4.69) is 72.9 Å². The van der Waals surface area contributed by atoms with Crippen molar-refractivity contribution in [2.45, 2.75) is 113 Å². The molecule has 2 saturated carbocycles. The average Bonchev–Trinajstić information content (AvgIpc) is 4.05. The number of piperidine rings is 1. The van der Waals surface area contributed by atoms with E-state index in [1.54, 1.807) is 31.3 Å². The maximum Gasteiger partial charge on any atom is 0.312 e. The molecule has 2 aromatic carbocycles. The Kier molecular flexibility index (Phi) is 14.2. The van der Waals surface area contributed by atoms with Crippen LogP contribution in [0.2, 0.25) is 0 Å². The molecule has 0 unspecified atom stereocenters. The second-order valence-electron chi connectivity index (χ2n) is 21.2. The number of benzene rings is 2. The molecule has 72 heavy (non-hydrogen) atoms. The molecule has 10 rings (SSSR count). The molecule has 5 aromatic rings. The number of likely N-dealkylation sites (tertiary alicyclic amines) is 1. The van der Waals surface area contributed by atoms with Gasteiger partial charge in [0.15, 0.2) is 5.75 Å². The van der Waals surface area contributed by atoms with Crippen LogP contribution in [0.15, 0.2) is 78.0 Å². The first-order valence-corrected chi connectivity index (χ1v) is 27.0. The van der Waals surface area contributed by atoms with Gasteiger partial charge in [-0.1, -0.05) is 44.5 Å². The number of nitrogens with one attached hydrogen (secondary N) is 3. The number of nitro groups is 1. The Labute approximate surface area is 420 Å². The van der Waals surface area contributed by atoms with Gasteiger partial charge < -0.3 is 39.3 Å². The zero-order valence-corrected chi connectivity index (χ0v) is 42.1. The number of nitrogens with zero attached hydrogens (tertiary/aromatic N) is 5. The Morgan fingerprint density at radius 3 is 2.56 bits per heavy atom. The lowest BCUT2D eigenvalue weighted by Gasteiger charge is -2.57. The summed E-state index contributed by atoms with van der Waals surface area (Å²) < 4.78 is 54.2. The minimum atomic E-state index is -4.70. The molecule has 3 aliphatic heterocycles. The third-order valence-corrected chi connectivity index (χ3v) is 17.0. The molecule has 1 amide bonds. The molecule has 19 heteroatoms. The monoisotopic (exact) mass is 1010 g/mol. The van der Waals surface area contributed by atoms with Crippen LogP contribution in [0.25, 0.3) is 11.0 Å². The SMILES string of the molecule is CC(C)c1ccccc1[C@H]1CCC[C@H]1N1CC2(CCN(c3ccc(C(=O)NS(=O)(=O)c4cnc(NC[C@H]5CC[C@](C)(O)CC5)c([N+](=O)[O-])c4)c(Oc4cc5cc[nH]c5nc4OC[C@@H]4COCCO4)c3)CC2)C1. The number of hydrogen-bond donors (Lipinski definition) is 4. The molecule has 0 bridgehead atoms. The van der Waals surface area contributed by atoms with E-state index in [0.717, 1.165) is 69.8 Å². The summed E-state index contributed by atoms with van der Waals surface area (Å²) >= 11 is 0. The number of amides is 1. The number of ether oxygens (including phenoxy) is 4. The quantitative estimate of drug-likeness (QED) is 0.0539. The summed E-state index contributed by atoms with van der Waals surface area (Å²) in [6.45, 7) is 11.8.